The molecule has 4 aromatic heterocycles. The fourth-order valence-corrected chi connectivity index (χ4v) is 5.87. The standard InChI is InChI=1S/C16H27N7O4.C10H14N5O7P/c17-5-3-1-2-4-6-19-16-22-10-13(18)20-8-21-14(10)23(16)15-12(26)11(25)9(7-24)27-15;11-8-5-9(13-2-12-8)15(3-14-5)10-7(17)6(16)4(22-10)1-21-23(18,19)20/h8-9,11-12,15,24-26H,1-7,17H2,(H,19,22)(H2,18,20,21);2-4,6-7,10,16-17H,1H2,(H2,11,12,13)(H2,18,19,20)/t9-,11-,12-,15-;4-,6-,7-,10-/m11/s1. The van der Waals surface area contributed by atoms with Gasteiger partial charge in [0, 0.05) is 6.54 Å². The second kappa shape index (κ2) is 16.1. The van der Waals surface area contributed by atoms with Crippen LogP contribution in [0.4, 0.5) is 17.6 Å². The molecule has 6 heterocycles. The maximum Gasteiger partial charge on any atom is 0.469 e. The van der Waals surface area contributed by atoms with Gasteiger partial charge in [-0.05, 0) is 19.4 Å². The molecular formula is C26H41N12O11P. The van der Waals surface area contributed by atoms with Crippen molar-refractivity contribution in [2.75, 3.05) is 43.1 Å². The molecule has 0 saturated carbocycles. The molecule has 2 aliphatic heterocycles. The quantitative estimate of drug-likeness (QED) is 0.0485. The lowest BCUT2D eigenvalue weighted by Gasteiger charge is -2.19. The lowest BCUT2D eigenvalue weighted by Crippen LogP contribution is -2.33. The molecule has 0 unspecified atom stereocenters. The molecule has 0 bridgehead atoms. The molecular weight excluding hydrogens is 687 g/mol. The number of phosphoric ester groups is 1. The van der Waals surface area contributed by atoms with Crippen LogP contribution in [0.15, 0.2) is 19.0 Å². The molecule has 0 spiro atoms. The Hall–Kier alpha value is -3.71. The normalized spacial score (nSPS) is 26.8. The van der Waals surface area contributed by atoms with Crippen LogP contribution in [0.1, 0.15) is 38.1 Å². The molecule has 8 atom stereocenters. The minimum Gasteiger partial charge on any atom is -0.394 e. The van der Waals surface area contributed by atoms with Crippen LogP contribution in [-0.4, -0.2) is 137 Å². The second-order valence-electron chi connectivity index (χ2n) is 11.5. The van der Waals surface area contributed by atoms with Crippen molar-refractivity contribution in [3.63, 3.8) is 0 Å². The number of phosphoric acid groups is 1. The van der Waals surface area contributed by atoms with Crippen molar-refractivity contribution in [3.8, 4) is 0 Å². The van der Waals surface area contributed by atoms with E-state index in [1.165, 1.54) is 23.5 Å². The molecule has 276 valence electrons. The summed E-state index contributed by atoms with van der Waals surface area (Å²) < 4.78 is 29.0. The smallest absolute Gasteiger partial charge is 0.394 e. The van der Waals surface area contributed by atoms with Gasteiger partial charge in [-0.3, -0.25) is 13.7 Å². The molecule has 6 rings (SSSR count). The summed E-state index contributed by atoms with van der Waals surface area (Å²) in [7, 11) is -4.72. The van der Waals surface area contributed by atoms with Gasteiger partial charge >= 0.3 is 7.82 Å². The fraction of sp³-hybridized carbons (Fsp3) is 0.615. The Balaban J connectivity index is 0.000000197. The lowest BCUT2D eigenvalue weighted by atomic mass is 10.1. The number of unbranched alkanes of at least 4 members (excludes halogenated alkanes) is 3. The summed E-state index contributed by atoms with van der Waals surface area (Å²) in [5.74, 6) is 0.755. The molecule has 0 aliphatic carbocycles. The van der Waals surface area contributed by atoms with Gasteiger partial charge in [0.1, 0.15) is 54.8 Å². The van der Waals surface area contributed by atoms with E-state index in [9.17, 15) is 30.1 Å². The largest absolute Gasteiger partial charge is 0.469 e. The third kappa shape index (κ3) is 8.09. The lowest BCUT2D eigenvalue weighted by molar-refractivity contribution is -0.0504. The van der Waals surface area contributed by atoms with Gasteiger partial charge in [0.15, 0.2) is 40.9 Å². The number of imidazole rings is 2. The molecule has 23 nitrogen and oxygen atoms in total. The molecule has 0 amide bonds. The SMILES string of the molecule is NCCCCCCNc1nc2c(N)ncnc2n1[C@@H]1O[C@H](CO)[C@@H](O)[C@H]1O.Nc1ncnc2c1ncn2[C@@H]1O[C@H](COP(=O)(O)O)[C@@H](O)[C@H]1O. The van der Waals surface area contributed by atoms with Gasteiger partial charge in [0.2, 0.25) is 5.95 Å². The molecule has 14 N–H and O–H groups in total. The number of ether oxygens (including phenoxy) is 2. The Kier molecular flexibility index (Phi) is 12.1. The summed E-state index contributed by atoms with van der Waals surface area (Å²) in [5, 5.41) is 53.1. The van der Waals surface area contributed by atoms with E-state index in [0.717, 1.165) is 25.7 Å². The van der Waals surface area contributed by atoms with Crippen LogP contribution in [0.5, 0.6) is 0 Å². The van der Waals surface area contributed by atoms with Crippen LogP contribution in [-0.2, 0) is 18.6 Å². The summed E-state index contributed by atoms with van der Waals surface area (Å²) >= 11 is 0. The van der Waals surface area contributed by atoms with Crippen molar-refractivity contribution in [1.29, 1.82) is 0 Å². The average Bonchev–Trinajstić information content (AvgIpc) is 3.82. The van der Waals surface area contributed by atoms with E-state index in [-0.39, 0.29) is 17.3 Å². The maximum absolute atomic E-state index is 10.7. The number of aromatic nitrogens is 8. The first-order chi connectivity index (χ1) is 23.9. The third-order valence-corrected chi connectivity index (χ3v) is 8.58. The zero-order valence-corrected chi connectivity index (χ0v) is 27.4. The van der Waals surface area contributed by atoms with Crippen molar-refractivity contribution >= 4 is 47.7 Å². The van der Waals surface area contributed by atoms with E-state index in [4.69, 9.17) is 36.5 Å². The van der Waals surface area contributed by atoms with Gasteiger partial charge in [0.25, 0.3) is 0 Å². The van der Waals surface area contributed by atoms with Crippen molar-refractivity contribution in [3.05, 3.63) is 19.0 Å². The number of hydrogen-bond donors (Lipinski definition) is 11. The van der Waals surface area contributed by atoms with Crippen LogP contribution >= 0.6 is 7.82 Å². The van der Waals surface area contributed by atoms with E-state index in [1.807, 2.05) is 0 Å². The van der Waals surface area contributed by atoms with Crippen LogP contribution < -0.4 is 22.5 Å². The first kappa shape index (κ1) is 37.5. The van der Waals surface area contributed by atoms with E-state index < -0.39 is 70.1 Å². The molecule has 2 saturated heterocycles. The number of nitrogens with one attached hydrogen (secondary N) is 1. The van der Waals surface area contributed by atoms with Crippen molar-refractivity contribution in [2.45, 2.75) is 74.8 Å². The van der Waals surface area contributed by atoms with Crippen LogP contribution in [0, 0.1) is 0 Å². The summed E-state index contributed by atoms with van der Waals surface area (Å²) in [5.41, 5.74) is 18.4. The molecule has 24 heteroatoms. The minimum absolute atomic E-state index is 0.142. The minimum atomic E-state index is -4.72. The number of hydrogen-bond acceptors (Lipinski definition) is 19. The van der Waals surface area contributed by atoms with Gasteiger partial charge < -0.3 is 67.3 Å². The topological polar surface area (TPSA) is 364 Å². The summed E-state index contributed by atoms with van der Waals surface area (Å²) in [6.45, 7) is 0.327. The number of fused-ring (bicyclic) bond motifs is 2. The van der Waals surface area contributed by atoms with Crippen LogP contribution in [0.2, 0.25) is 0 Å². The maximum atomic E-state index is 10.7. The van der Waals surface area contributed by atoms with Gasteiger partial charge in [-0.15, -0.1) is 0 Å². The van der Waals surface area contributed by atoms with Crippen molar-refractivity contribution < 1.29 is 53.9 Å². The summed E-state index contributed by atoms with van der Waals surface area (Å²) in [6, 6.07) is 0. The molecule has 50 heavy (non-hydrogen) atoms. The zero-order chi connectivity index (χ0) is 36.2. The zero-order valence-electron chi connectivity index (χ0n) is 26.5. The Morgan fingerprint density at radius 1 is 0.820 bits per heavy atom. The number of nitrogens with two attached hydrogens (primary N) is 3. The first-order valence-corrected chi connectivity index (χ1v) is 17.1. The Bertz CT molecular complexity index is 1780. The Labute approximate surface area is 283 Å². The summed E-state index contributed by atoms with van der Waals surface area (Å²) in [4.78, 5) is 41.8. The number of aliphatic hydroxyl groups is 5. The van der Waals surface area contributed by atoms with E-state index in [2.05, 4.69) is 39.7 Å². The Morgan fingerprint density at radius 2 is 1.44 bits per heavy atom. The van der Waals surface area contributed by atoms with Gasteiger partial charge in [-0.2, -0.15) is 0 Å². The highest BCUT2D eigenvalue weighted by molar-refractivity contribution is 7.46. The van der Waals surface area contributed by atoms with E-state index in [0.29, 0.717) is 35.7 Å². The van der Waals surface area contributed by atoms with Crippen LogP contribution in [0.25, 0.3) is 22.3 Å². The number of rotatable bonds is 13. The predicted molar refractivity (Wildman–Crippen MR) is 172 cm³/mol. The highest BCUT2D eigenvalue weighted by atomic mass is 31.2. The van der Waals surface area contributed by atoms with E-state index >= 15 is 0 Å². The molecule has 2 fully saturated rings. The van der Waals surface area contributed by atoms with Gasteiger partial charge in [0.05, 0.1) is 19.5 Å². The highest BCUT2D eigenvalue weighted by Gasteiger charge is 2.46. The highest BCUT2D eigenvalue weighted by Crippen LogP contribution is 2.39. The van der Waals surface area contributed by atoms with Crippen molar-refractivity contribution in [2.24, 2.45) is 5.73 Å². The number of nitrogens with zero attached hydrogens (tertiary/aromatic N) is 8. The number of nitrogen functional groups attached to an aromatic ring is 2. The molecule has 4 aromatic rings. The van der Waals surface area contributed by atoms with Gasteiger partial charge in [-0.25, -0.2) is 34.5 Å². The third-order valence-electron chi connectivity index (χ3n) is 8.10. The number of aliphatic hydroxyl groups excluding tert-OH is 5. The predicted octanol–water partition coefficient (Wildman–Crippen LogP) is -2.91. The second-order valence-corrected chi connectivity index (χ2v) is 12.7. The fourth-order valence-electron chi connectivity index (χ4n) is 5.53. The molecule has 0 aromatic carbocycles. The van der Waals surface area contributed by atoms with Crippen molar-refractivity contribution in [1.82, 2.24) is 39.0 Å². The van der Waals surface area contributed by atoms with E-state index in [1.54, 1.807) is 4.57 Å². The summed E-state index contributed by atoms with van der Waals surface area (Å²) in [6.07, 6.45) is -1.53. The monoisotopic (exact) mass is 728 g/mol. The molecule has 0 radical (unpaired) electrons. The average molecular weight is 729 g/mol. The Morgan fingerprint density at radius 3 is 2.10 bits per heavy atom. The number of anilines is 3. The first-order valence-electron chi connectivity index (χ1n) is 15.6. The van der Waals surface area contributed by atoms with Gasteiger partial charge in [-0.1, -0.05) is 12.8 Å². The van der Waals surface area contributed by atoms with Crippen LogP contribution in [0.3, 0.4) is 0 Å². The molecule has 2 aliphatic rings.